The molecule has 0 aliphatic heterocycles. The number of sulfonamides is 1. The maximum Gasteiger partial charge on any atom is 0.338 e. The summed E-state index contributed by atoms with van der Waals surface area (Å²) in [4.78, 5) is 11.4. The van der Waals surface area contributed by atoms with E-state index in [1.807, 2.05) is 0 Å². The molecule has 0 bridgehead atoms. The Bertz CT molecular complexity index is 820. The highest BCUT2D eigenvalue weighted by molar-refractivity contribution is 7.92. The summed E-state index contributed by atoms with van der Waals surface area (Å²) in [6.07, 6.45) is 0. The van der Waals surface area contributed by atoms with Crippen LogP contribution in [0.15, 0.2) is 47.4 Å². The van der Waals surface area contributed by atoms with Gasteiger partial charge in [-0.25, -0.2) is 22.0 Å². The number of rotatable bonds is 5. The standard InChI is InChI=1S/C15H13F2NO4S/c1-2-22-15(19)10-3-6-12(7-4-10)23(20,21)18-11-5-8-13(16)14(17)9-11/h3-9,18H,2H2,1H3. The quantitative estimate of drug-likeness (QED) is 0.849. The van der Waals surface area contributed by atoms with Crippen LogP contribution in [0.5, 0.6) is 0 Å². The summed E-state index contributed by atoms with van der Waals surface area (Å²) < 4.78 is 57.2. The van der Waals surface area contributed by atoms with Gasteiger partial charge in [-0.1, -0.05) is 0 Å². The Balaban J connectivity index is 2.22. The lowest BCUT2D eigenvalue weighted by molar-refractivity contribution is 0.0526. The molecule has 0 aromatic heterocycles. The second-order valence-corrected chi connectivity index (χ2v) is 6.16. The highest BCUT2D eigenvalue weighted by Crippen LogP contribution is 2.19. The molecule has 0 amide bonds. The summed E-state index contributed by atoms with van der Waals surface area (Å²) in [5, 5.41) is 0. The van der Waals surface area contributed by atoms with Gasteiger partial charge in [0.1, 0.15) is 0 Å². The summed E-state index contributed by atoms with van der Waals surface area (Å²) in [6, 6.07) is 7.69. The molecular formula is C15H13F2NO4S. The largest absolute Gasteiger partial charge is 0.462 e. The topological polar surface area (TPSA) is 72.5 Å². The molecule has 0 fully saturated rings. The molecule has 2 rings (SSSR count). The van der Waals surface area contributed by atoms with Crippen LogP contribution in [0.4, 0.5) is 14.5 Å². The van der Waals surface area contributed by atoms with Crippen LogP contribution in [0.25, 0.3) is 0 Å². The van der Waals surface area contributed by atoms with Crippen molar-refractivity contribution in [2.45, 2.75) is 11.8 Å². The van der Waals surface area contributed by atoms with Crippen LogP contribution in [0.1, 0.15) is 17.3 Å². The number of hydrogen-bond acceptors (Lipinski definition) is 4. The van der Waals surface area contributed by atoms with Crippen molar-refractivity contribution in [2.24, 2.45) is 0 Å². The van der Waals surface area contributed by atoms with Gasteiger partial charge in [0.05, 0.1) is 22.8 Å². The normalized spacial score (nSPS) is 11.1. The lowest BCUT2D eigenvalue weighted by atomic mass is 10.2. The summed E-state index contributed by atoms with van der Waals surface area (Å²) in [5.74, 6) is -2.81. The molecular weight excluding hydrogens is 328 g/mol. The van der Waals surface area contributed by atoms with Crippen LogP contribution in [-0.4, -0.2) is 21.0 Å². The van der Waals surface area contributed by atoms with Crippen molar-refractivity contribution in [1.82, 2.24) is 0 Å². The SMILES string of the molecule is CCOC(=O)c1ccc(S(=O)(=O)Nc2ccc(F)c(F)c2)cc1. The Morgan fingerprint density at radius 1 is 1.09 bits per heavy atom. The minimum absolute atomic E-state index is 0.113. The van der Waals surface area contributed by atoms with E-state index in [0.717, 1.165) is 18.2 Å². The number of anilines is 1. The predicted octanol–water partition coefficient (Wildman–Crippen LogP) is 2.94. The van der Waals surface area contributed by atoms with Crippen molar-refractivity contribution >= 4 is 21.7 Å². The average molecular weight is 341 g/mol. The molecule has 5 nitrogen and oxygen atoms in total. The van der Waals surface area contributed by atoms with Crippen LogP contribution in [0.3, 0.4) is 0 Å². The molecule has 0 radical (unpaired) electrons. The first kappa shape index (κ1) is 16.9. The van der Waals surface area contributed by atoms with Crippen LogP contribution >= 0.6 is 0 Å². The van der Waals surface area contributed by atoms with Gasteiger partial charge in [-0.15, -0.1) is 0 Å². The zero-order chi connectivity index (χ0) is 17.0. The highest BCUT2D eigenvalue weighted by atomic mass is 32.2. The maximum atomic E-state index is 13.1. The third kappa shape index (κ3) is 4.04. The molecule has 1 N–H and O–H groups in total. The van der Waals surface area contributed by atoms with Crippen LogP contribution in [-0.2, 0) is 14.8 Å². The van der Waals surface area contributed by atoms with E-state index >= 15 is 0 Å². The van der Waals surface area contributed by atoms with Crippen molar-refractivity contribution in [1.29, 1.82) is 0 Å². The van der Waals surface area contributed by atoms with Crippen molar-refractivity contribution in [3.8, 4) is 0 Å². The predicted molar refractivity (Wildman–Crippen MR) is 79.6 cm³/mol. The molecule has 122 valence electrons. The lowest BCUT2D eigenvalue weighted by Crippen LogP contribution is -2.13. The molecule has 2 aromatic rings. The first-order chi connectivity index (χ1) is 10.8. The molecule has 23 heavy (non-hydrogen) atoms. The molecule has 0 spiro atoms. The molecule has 2 aromatic carbocycles. The minimum atomic E-state index is -3.99. The van der Waals surface area contributed by atoms with Gasteiger partial charge in [0, 0.05) is 6.07 Å². The highest BCUT2D eigenvalue weighted by Gasteiger charge is 2.16. The molecule has 0 aliphatic rings. The summed E-state index contributed by atoms with van der Waals surface area (Å²) in [7, 11) is -3.99. The van der Waals surface area contributed by atoms with Crippen LogP contribution in [0.2, 0.25) is 0 Å². The van der Waals surface area contributed by atoms with E-state index in [4.69, 9.17) is 4.74 Å². The maximum absolute atomic E-state index is 13.1. The van der Waals surface area contributed by atoms with E-state index in [9.17, 15) is 22.0 Å². The fourth-order valence-electron chi connectivity index (χ4n) is 1.76. The molecule has 0 saturated heterocycles. The molecule has 8 heteroatoms. The number of esters is 1. The number of benzene rings is 2. The van der Waals surface area contributed by atoms with Gasteiger partial charge < -0.3 is 4.74 Å². The van der Waals surface area contributed by atoms with Gasteiger partial charge in [-0.05, 0) is 43.3 Å². The second-order valence-electron chi connectivity index (χ2n) is 4.48. The Kier molecular flexibility index (Phi) is 4.95. The van der Waals surface area contributed by atoms with Gasteiger partial charge in [-0.2, -0.15) is 0 Å². The molecule has 0 atom stereocenters. The summed E-state index contributed by atoms with van der Waals surface area (Å²) in [5.41, 5.74) is 0.0944. The van der Waals surface area contributed by atoms with Gasteiger partial charge >= 0.3 is 5.97 Å². The average Bonchev–Trinajstić information content (AvgIpc) is 2.51. The van der Waals surface area contributed by atoms with E-state index < -0.39 is 27.6 Å². The third-order valence-corrected chi connectivity index (χ3v) is 4.24. The Hall–Kier alpha value is -2.48. The molecule has 0 heterocycles. The Morgan fingerprint density at radius 3 is 2.30 bits per heavy atom. The minimum Gasteiger partial charge on any atom is -0.462 e. The number of carbonyl (C=O) groups excluding carboxylic acids is 1. The van der Waals surface area contributed by atoms with E-state index in [1.54, 1.807) is 6.92 Å². The van der Waals surface area contributed by atoms with Gasteiger partial charge in [0.15, 0.2) is 11.6 Å². The van der Waals surface area contributed by atoms with Crippen LogP contribution < -0.4 is 4.72 Å². The van der Waals surface area contributed by atoms with Crippen molar-refractivity contribution in [2.75, 3.05) is 11.3 Å². The first-order valence-electron chi connectivity index (χ1n) is 6.58. The zero-order valence-electron chi connectivity index (χ0n) is 12.0. The van der Waals surface area contributed by atoms with Gasteiger partial charge in [0.25, 0.3) is 10.0 Å². The van der Waals surface area contributed by atoms with Crippen LogP contribution in [0, 0.1) is 11.6 Å². The van der Waals surface area contributed by atoms with E-state index in [-0.39, 0.29) is 22.8 Å². The summed E-state index contributed by atoms with van der Waals surface area (Å²) >= 11 is 0. The Morgan fingerprint density at radius 2 is 1.74 bits per heavy atom. The summed E-state index contributed by atoms with van der Waals surface area (Å²) in [6.45, 7) is 1.86. The number of hydrogen-bond donors (Lipinski definition) is 1. The van der Waals surface area contributed by atoms with Crippen molar-refractivity contribution < 1.29 is 26.7 Å². The zero-order valence-corrected chi connectivity index (χ0v) is 12.9. The fourth-order valence-corrected chi connectivity index (χ4v) is 2.81. The number of ether oxygens (including phenoxy) is 1. The smallest absolute Gasteiger partial charge is 0.338 e. The van der Waals surface area contributed by atoms with Crippen molar-refractivity contribution in [3.05, 3.63) is 59.7 Å². The molecule has 0 aliphatic carbocycles. The molecule has 0 unspecified atom stereocenters. The number of halogens is 2. The van der Waals surface area contributed by atoms with E-state index in [1.165, 1.54) is 24.3 Å². The second kappa shape index (κ2) is 6.74. The Labute approximate surface area is 132 Å². The lowest BCUT2D eigenvalue weighted by Gasteiger charge is -2.09. The van der Waals surface area contributed by atoms with E-state index in [0.29, 0.717) is 0 Å². The number of nitrogens with one attached hydrogen (secondary N) is 1. The first-order valence-corrected chi connectivity index (χ1v) is 8.07. The van der Waals surface area contributed by atoms with Crippen molar-refractivity contribution in [3.63, 3.8) is 0 Å². The number of carbonyl (C=O) groups is 1. The molecule has 0 saturated carbocycles. The fraction of sp³-hybridized carbons (Fsp3) is 0.133. The van der Waals surface area contributed by atoms with Gasteiger partial charge in [0.2, 0.25) is 0 Å². The third-order valence-electron chi connectivity index (χ3n) is 2.85. The van der Waals surface area contributed by atoms with Gasteiger partial charge in [-0.3, -0.25) is 4.72 Å². The van der Waals surface area contributed by atoms with E-state index in [2.05, 4.69) is 4.72 Å². The monoisotopic (exact) mass is 341 g/mol.